The molecule has 0 atom stereocenters. The van der Waals surface area contributed by atoms with Crippen LogP contribution in [0.1, 0.15) is 11.3 Å². The van der Waals surface area contributed by atoms with Gasteiger partial charge in [0.2, 0.25) is 0 Å². The van der Waals surface area contributed by atoms with E-state index in [1.807, 2.05) is 26.0 Å². The fourth-order valence-corrected chi connectivity index (χ4v) is 2.27. The summed E-state index contributed by atoms with van der Waals surface area (Å²) in [6.45, 7) is 3.81. The number of carbonyl (C=O) groups excluding carboxylic acids is 1. The topological polar surface area (TPSA) is 71.5 Å². The Morgan fingerprint density at radius 1 is 1.44 bits per heavy atom. The third-order valence-electron chi connectivity index (χ3n) is 2.71. The molecule has 96 valence electrons. The fraction of sp³-hybridized carbons (Fsp3) is 0.250. The Kier molecular flexibility index (Phi) is 3.32. The van der Waals surface area contributed by atoms with Crippen LogP contribution < -0.4 is 11.2 Å². The van der Waals surface area contributed by atoms with E-state index in [1.165, 1.54) is 7.05 Å². The van der Waals surface area contributed by atoms with E-state index in [0.717, 1.165) is 31.8 Å². The van der Waals surface area contributed by atoms with Crippen molar-refractivity contribution in [2.24, 2.45) is 5.84 Å². The molecule has 0 spiro atoms. The van der Waals surface area contributed by atoms with Crippen LogP contribution in [0.15, 0.2) is 21.0 Å². The van der Waals surface area contributed by atoms with Gasteiger partial charge in [0.25, 0.3) is 0 Å². The lowest BCUT2D eigenvalue weighted by Gasteiger charge is -2.14. The van der Waals surface area contributed by atoms with Gasteiger partial charge in [-0.05, 0) is 47.5 Å². The summed E-state index contributed by atoms with van der Waals surface area (Å²) in [7, 11) is 1.49. The summed E-state index contributed by atoms with van der Waals surface area (Å²) in [5.41, 5.74) is 2.43. The van der Waals surface area contributed by atoms with Crippen LogP contribution in [0.5, 0.6) is 0 Å². The predicted molar refractivity (Wildman–Crippen MR) is 74.4 cm³/mol. The van der Waals surface area contributed by atoms with Crippen molar-refractivity contribution in [2.75, 3.05) is 12.4 Å². The molecular weight excluding hydrogens is 298 g/mol. The summed E-state index contributed by atoms with van der Waals surface area (Å²) < 4.78 is 6.39. The number of nitrogens with one attached hydrogen (secondary N) is 1. The van der Waals surface area contributed by atoms with Gasteiger partial charge in [0.15, 0.2) is 0 Å². The summed E-state index contributed by atoms with van der Waals surface area (Å²) in [6, 6.07) is 3.38. The van der Waals surface area contributed by atoms with Gasteiger partial charge in [-0.25, -0.2) is 10.6 Å². The first-order valence-corrected chi connectivity index (χ1v) is 6.18. The minimum atomic E-state index is -0.371. The van der Waals surface area contributed by atoms with Gasteiger partial charge in [-0.15, -0.1) is 0 Å². The van der Waals surface area contributed by atoms with Crippen LogP contribution in [-0.4, -0.2) is 18.1 Å². The molecule has 2 aromatic rings. The zero-order chi connectivity index (χ0) is 13.4. The SMILES string of the molecule is Cc1cc2c(C)c(NC(=O)N(C)N)cc(Br)c2o1. The van der Waals surface area contributed by atoms with Crippen LogP contribution in [0.25, 0.3) is 11.0 Å². The highest BCUT2D eigenvalue weighted by Crippen LogP contribution is 2.34. The Morgan fingerprint density at radius 2 is 2.11 bits per heavy atom. The first kappa shape index (κ1) is 12.9. The number of furan rings is 1. The molecule has 0 saturated heterocycles. The number of halogens is 1. The highest BCUT2D eigenvalue weighted by atomic mass is 79.9. The number of amides is 2. The molecule has 6 heteroatoms. The molecule has 1 aromatic heterocycles. The Hall–Kier alpha value is -1.53. The molecule has 0 aliphatic carbocycles. The van der Waals surface area contributed by atoms with Crippen molar-refractivity contribution in [1.82, 2.24) is 5.01 Å². The van der Waals surface area contributed by atoms with Crippen molar-refractivity contribution < 1.29 is 9.21 Å². The van der Waals surface area contributed by atoms with E-state index in [2.05, 4.69) is 21.2 Å². The van der Waals surface area contributed by atoms with E-state index in [4.69, 9.17) is 10.3 Å². The van der Waals surface area contributed by atoms with Crippen LogP contribution in [0.3, 0.4) is 0 Å². The fourth-order valence-electron chi connectivity index (χ4n) is 1.75. The molecule has 1 aromatic carbocycles. The number of anilines is 1. The van der Waals surface area contributed by atoms with E-state index >= 15 is 0 Å². The van der Waals surface area contributed by atoms with Gasteiger partial charge in [-0.2, -0.15) is 0 Å². The molecule has 0 aliphatic rings. The lowest BCUT2D eigenvalue weighted by molar-refractivity contribution is 0.223. The van der Waals surface area contributed by atoms with Crippen LogP contribution in [0.2, 0.25) is 0 Å². The van der Waals surface area contributed by atoms with Gasteiger partial charge in [0.1, 0.15) is 11.3 Å². The average molecular weight is 312 g/mol. The van der Waals surface area contributed by atoms with Crippen molar-refractivity contribution >= 4 is 38.6 Å². The van der Waals surface area contributed by atoms with Crippen LogP contribution in [-0.2, 0) is 0 Å². The van der Waals surface area contributed by atoms with Crippen molar-refractivity contribution in [3.05, 3.63) is 27.9 Å². The van der Waals surface area contributed by atoms with Crippen molar-refractivity contribution in [3.63, 3.8) is 0 Å². The number of rotatable bonds is 1. The lowest BCUT2D eigenvalue weighted by Crippen LogP contribution is -2.37. The molecule has 5 nitrogen and oxygen atoms in total. The number of nitrogens with two attached hydrogens (primary N) is 1. The average Bonchev–Trinajstić information content (AvgIpc) is 2.68. The highest BCUT2D eigenvalue weighted by molar-refractivity contribution is 9.10. The maximum absolute atomic E-state index is 11.6. The molecule has 0 aliphatic heterocycles. The number of nitrogens with zero attached hydrogens (tertiary/aromatic N) is 1. The van der Waals surface area contributed by atoms with E-state index < -0.39 is 0 Å². The zero-order valence-corrected chi connectivity index (χ0v) is 12.0. The first-order chi connectivity index (χ1) is 8.40. The smallest absolute Gasteiger partial charge is 0.335 e. The predicted octanol–water partition coefficient (Wildman–Crippen LogP) is 3.15. The van der Waals surface area contributed by atoms with Crippen LogP contribution >= 0.6 is 15.9 Å². The van der Waals surface area contributed by atoms with Crippen molar-refractivity contribution in [3.8, 4) is 0 Å². The minimum Gasteiger partial charge on any atom is -0.460 e. The van der Waals surface area contributed by atoms with Gasteiger partial charge in [-0.3, -0.25) is 5.01 Å². The second-order valence-electron chi connectivity index (χ2n) is 4.17. The van der Waals surface area contributed by atoms with Crippen molar-refractivity contribution in [2.45, 2.75) is 13.8 Å². The first-order valence-electron chi connectivity index (χ1n) is 5.39. The van der Waals surface area contributed by atoms with Crippen LogP contribution in [0, 0.1) is 13.8 Å². The Balaban J connectivity index is 2.52. The number of carbonyl (C=O) groups is 1. The maximum atomic E-state index is 11.6. The van der Waals surface area contributed by atoms with E-state index in [0.29, 0.717) is 5.69 Å². The summed E-state index contributed by atoms with van der Waals surface area (Å²) in [5, 5.41) is 4.71. The van der Waals surface area contributed by atoms with Gasteiger partial charge in [-0.1, -0.05) is 0 Å². The Labute approximate surface area is 113 Å². The molecule has 0 bridgehead atoms. The number of urea groups is 1. The Morgan fingerprint density at radius 3 is 2.72 bits per heavy atom. The molecule has 2 amide bonds. The molecule has 2 rings (SSSR count). The quantitative estimate of drug-likeness (QED) is 0.483. The molecule has 0 saturated carbocycles. The Bertz CT molecular complexity index is 619. The number of hydrazine groups is 1. The monoisotopic (exact) mass is 311 g/mol. The van der Waals surface area contributed by atoms with E-state index in [-0.39, 0.29) is 6.03 Å². The minimum absolute atomic E-state index is 0.371. The number of benzene rings is 1. The second-order valence-corrected chi connectivity index (χ2v) is 5.03. The van der Waals surface area contributed by atoms with Gasteiger partial charge in [0.05, 0.1) is 4.47 Å². The molecule has 0 unspecified atom stereocenters. The van der Waals surface area contributed by atoms with E-state index in [1.54, 1.807) is 0 Å². The van der Waals surface area contributed by atoms with E-state index in [9.17, 15) is 4.79 Å². The third-order valence-corrected chi connectivity index (χ3v) is 3.30. The second kappa shape index (κ2) is 4.62. The normalized spacial score (nSPS) is 10.7. The number of hydrogen-bond acceptors (Lipinski definition) is 3. The summed E-state index contributed by atoms with van der Waals surface area (Å²) >= 11 is 3.43. The lowest BCUT2D eigenvalue weighted by atomic mass is 10.1. The summed E-state index contributed by atoms with van der Waals surface area (Å²) in [5.74, 6) is 6.21. The third kappa shape index (κ3) is 2.21. The number of fused-ring (bicyclic) bond motifs is 1. The van der Waals surface area contributed by atoms with Crippen LogP contribution in [0.4, 0.5) is 10.5 Å². The molecule has 3 N–H and O–H groups in total. The molecule has 0 radical (unpaired) electrons. The molecule has 18 heavy (non-hydrogen) atoms. The van der Waals surface area contributed by atoms with Gasteiger partial charge >= 0.3 is 6.03 Å². The molecule has 1 heterocycles. The van der Waals surface area contributed by atoms with Gasteiger partial charge in [0, 0.05) is 18.1 Å². The number of aryl methyl sites for hydroxylation is 2. The largest absolute Gasteiger partial charge is 0.460 e. The molecule has 0 fully saturated rings. The summed E-state index contributed by atoms with van der Waals surface area (Å²) in [4.78, 5) is 11.6. The standard InChI is InChI=1S/C12H14BrN3O2/c1-6-4-8-7(2)10(15-12(17)16(3)14)5-9(13)11(8)18-6/h4-5H,14H2,1-3H3,(H,15,17). The highest BCUT2D eigenvalue weighted by Gasteiger charge is 2.14. The van der Waals surface area contributed by atoms with Gasteiger partial charge < -0.3 is 9.73 Å². The number of hydrogen-bond donors (Lipinski definition) is 2. The zero-order valence-electron chi connectivity index (χ0n) is 10.4. The van der Waals surface area contributed by atoms with Crippen molar-refractivity contribution in [1.29, 1.82) is 0 Å². The summed E-state index contributed by atoms with van der Waals surface area (Å²) in [6.07, 6.45) is 0. The maximum Gasteiger partial charge on any atom is 0.335 e. The molecular formula is C12H14BrN3O2.